The van der Waals surface area contributed by atoms with Gasteiger partial charge in [-0.05, 0) is 78.4 Å². The molecular formula is C34H46N2O8. The fourth-order valence-corrected chi connectivity index (χ4v) is 3.82. The van der Waals surface area contributed by atoms with Gasteiger partial charge in [0.2, 0.25) is 0 Å². The topological polar surface area (TPSA) is 129 Å². The summed E-state index contributed by atoms with van der Waals surface area (Å²) in [4.78, 5) is 50.5. The van der Waals surface area contributed by atoms with Gasteiger partial charge in [0.1, 0.15) is 36.5 Å². The highest BCUT2D eigenvalue weighted by Gasteiger charge is 2.26. The normalized spacial score (nSPS) is 13.0. The summed E-state index contributed by atoms with van der Waals surface area (Å²) < 4.78 is 21.5. The van der Waals surface area contributed by atoms with E-state index in [1.807, 2.05) is 72.8 Å². The van der Waals surface area contributed by atoms with Gasteiger partial charge in [0, 0.05) is 0 Å². The number of amides is 2. The van der Waals surface area contributed by atoms with E-state index >= 15 is 0 Å². The van der Waals surface area contributed by atoms with Crippen LogP contribution in [-0.4, -0.2) is 47.4 Å². The Kier molecular flexibility index (Phi) is 14.4. The molecule has 2 aromatic carbocycles. The summed E-state index contributed by atoms with van der Waals surface area (Å²) in [5, 5.41) is 5.22. The third kappa shape index (κ3) is 15.8. The van der Waals surface area contributed by atoms with Gasteiger partial charge in [0.05, 0.1) is 0 Å². The van der Waals surface area contributed by atoms with Gasteiger partial charge in [-0.25, -0.2) is 19.2 Å². The molecule has 0 radical (unpaired) electrons. The molecule has 2 N–H and O–H groups in total. The first kappa shape index (κ1) is 35.9. The van der Waals surface area contributed by atoms with Crippen LogP contribution in [0, 0.1) is 0 Å². The molecule has 2 atom stereocenters. The molecule has 0 saturated heterocycles. The summed E-state index contributed by atoms with van der Waals surface area (Å²) in [5.74, 6) is -1.15. The van der Waals surface area contributed by atoms with Gasteiger partial charge >= 0.3 is 24.1 Å². The Morgan fingerprint density at radius 3 is 1.27 bits per heavy atom. The third-order valence-corrected chi connectivity index (χ3v) is 5.81. The summed E-state index contributed by atoms with van der Waals surface area (Å²) in [6, 6.07) is 16.7. The Balaban J connectivity index is 1.96. The predicted molar refractivity (Wildman–Crippen MR) is 166 cm³/mol. The molecule has 10 nitrogen and oxygen atoms in total. The highest BCUT2D eigenvalue weighted by Crippen LogP contribution is 2.12. The molecular weight excluding hydrogens is 564 g/mol. The molecule has 0 aliphatic rings. The zero-order chi connectivity index (χ0) is 32.6. The van der Waals surface area contributed by atoms with E-state index < -0.39 is 47.4 Å². The van der Waals surface area contributed by atoms with E-state index in [1.54, 1.807) is 41.5 Å². The number of hydrogen-bond acceptors (Lipinski definition) is 8. The van der Waals surface area contributed by atoms with Gasteiger partial charge in [-0.15, -0.1) is 0 Å². The summed E-state index contributed by atoms with van der Waals surface area (Å²) in [5.41, 5.74) is 0.200. The minimum Gasteiger partial charge on any atom is -0.459 e. The minimum atomic E-state index is -0.923. The lowest BCUT2D eigenvalue weighted by atomic mass is 10.1. The monoisotopic (exact) mass is 610 g/mol. The first-order valence-corrected chi connectivity index (χ1v) is 14.8. The molecule has 0 saturated carbocycles. The second kappa shape index (κ2) is 17.7. The molecule has 2 aromatic rings. The second-order valence-corrected chi connectivity index (χ2v) is 12.2. The smallest absolute Gasteiger partial charge is 0.408 e. The zero-order valence-electron chi connectivity index (χ0n) is 26.6. The number of alkyl carbamates (subject to hydrolysis) is 2. The number of hydrogen-bond donors (Lipinski definition) is 2. The Bertz CT molecular complexity index is 1120. The Hall–Kier alpha value is -4.34. The lowest BCUT2D eigenvalue weighted by Crippen LogP contribution is -2.44. The first-order valence-electron chi connectivity index (χ1n) is 14.8. The van der Waals surface area contributed by atoms with E-state index in [4.69, 9.17) is 18.9 Å². The average molecular weight is 611 g/mol. The summed E-state index contributed by atoms with van der Waals surface area (Å²) >= 11 is 0. The van der Waals surface area contributed by atoms with Crippen LogP contribution in [0.2, 0.25) is 0 Å². The van der Waals surface area contributed by atoms with Crippen molar-refractivity contribution >= 4 is 24.1 Å². The molecule has 0 aliphatic heterocycles. The Labute approximate surface area is 260 Å². The fraction of sp³-hybridized carbons (Fsp3) is 0.471. The van der Waals surface area contributed by atoms with Crippen molar-refractivity contribution in [2.45, 2.75) is 104 Å². The van der Waals surface area contributed by atoms with Crippen LogP contribution in [0.25, 0.3) is 0 Å². The van der Waals surface area contributed by atoms with E-state index in [-0.39, 0.29) is 26.1 Å². The van der Waals surface area contributed by atoms with Crippen LogP contribution in [-0.2, 0) is 41.8 Å². The minimum absolute atomic E-state index is 0.0778. The van der Waals surface area contributed by atoms with Crippen molar-refractivity contribution in [1.82, 2.24) is 10.6 Å². The van der Waals surface area contributed by atoms with Gasteiger partial charge in [-0.2, -0.15) is 0 Å². The van der Waals surface area contributed by atoms with Crippen LogP contribution < -0.4 is 10.6 Å². The Morgan fingerprint density at radius 2 is 0.955 bits per heavy atom. The van der Waals surface area contributed by atoms with Gasteiger partial charge in [-0.1, -0.05) is 72.8 Å². The largest absolute Gasteiger partial charge is 0.459 e. The van der Waals surface area contributed by atoms with Gasteiger partial charge in [-0.3, -0.25) is 0 Å². The van der Waals surface area contributed by atoms with Crippen LogP contribution in [0.3, 0.4) is 0 Å². The van der Waals surface area contributed by atoms with Crippen molar-refractivity contribution in [1.29, 1.82) is 0 Å². The van der Waals surface area contributed by atoms with Crippen molar-refractivity contribution in [2.24, 2.45) is 0 Å². The molecule has 44 heavy (non-hydrogen) atoms. The molecule has 0 aliphatic carbocycles. The van der Waals surface area contributed by atoms with Crippen molar-refractivity contribution in [3.63, 3.8) is 0 Å². The van der Waals surface area contributed by atoms with Gasteiger partial charge < -0.3 is 29.6 Å². The maximum Gasteiger partial charge on any atom is 0.408 e. The van der Waals surface area contributed by atoms with Gasteiger partial charge in [0.25, 0.3) is 0 Å². The molecule has 10 heteroatoms. The summed E-state index contributed by atoms with van der Waals surface area (Å²) in [6.07, 6.45) is 3.65. The quantitative estimate of drug-likeness (QED) is 0.143. The number of rotatable bonds is 14. The highest BCUT2D eigenvalue weighted by atomic mass is 16.6. The molecule has 2 amide bonds. The van der Waals surface area contributed by atoms with Crippen LogP contribution in [0.5, 0.6) is 0 Å². The third-order valence-electron chi connectivity index (χ3n) is 5.81. The molecule has 240 valence electrons. The van der Waals surface area contributed by atoms with Crippen molar-refractivity contribution in [3.8, 4) is 0 Å². The lowest BCUT2D eigenvalue weighted by molar-refractivity contribution is -0.148. The summed E-state index contributed by atoms with van der Waals surface area (Å²) in [6.45, 7) is 10.6. The van der Waals surface area contributed by atoms with Crippen molar-refractivity contribution in [2.75, 3.05) is 0 Å². The number of ether oxygens (including phenoxy) is 4. The number of nitrogens with one attached hydrogen (secondary N) is 2. The SMILES string of the molecule is CC(C)(C)OC(=O)NC(CC/C=C/CCC(NC(=O)OC(C)(C)C)C(=O)OCc1ccccc1)C(=O)OCc1ccccc1. The van der Waals surface area contributed by atoms with E-state index in [9.17, 15) is 19.2 Å². The fourth-order valence-electron chi connectivity index (χ4n) is 3.82. The molecule has 0 heterocycles. The lowest BCUT2D eigenvalue weighted by Gasteiger charge is -2.23. The number of carbonyl (C=O) groups is 4. The van der Waals surface area contributed by atoms with Gasteiger partial charge in [0.15, 0.2) is 0 Å². The van der Waals surface area contributed by atoms with Crippen LogP contribution in [0.1, 0.15) is 78.4 Å². The van der Waals surface area contributed by atoms with Crippen LogP contribution in [0.4, 0.5) is 9.59 Å². The van der Waals surface area contributed by atoms with Crippen LogP contribution >= 0.6 is 0 Å². The van der Waals surface area contributed by atoms with E-state index in [0.29, 0.717) is 12.8 Å². The Morgan fingerprint density at radius 1 is 0.614 bits per heavy atom. The predicted octanol–water partition coefficient (Wildman–Crippen LogP) is 6.38. The van der Waals surface area contributed by atoms with Crippen molar-refractivity contribution in [3.05, 3.63) is 83.9 Å². The van der Waals surface area contributed by atoms with E-state index in [1.165, 1.54) is 0 Å². The maximum atomic E-state index is 12.8. The van der Waals surface area contributed by atoms with Crippen molar-refractivity contribution < 1.29 is 38.1 Å². The number of esters is 2. The summed E-state index contributed by atoms with van der Waals surface area (Å²) in [7, 11) is 0. The number of carbonyl (C=O) groups excluding carboxylic acids is 4. The maximum absolute atomic E-state index is 12.8. The molecule has 0 aromatic heterocycles. The zero-order valence-corrected chi connectivity index (χ0v) is 26.6. The van der Waals surface area contributed by atoms with E-state index in [2.05, 4.69) is 10.6 Å². The highest BCUT2D eigenvalue weighted by molar-refractivity contribution is 5.82. The number of benzene rings is 2. The van der Waals surface area contributed by atoms with E-state index in [0.717, 1.165) is 11.1 Å². The van der Waals surface area contributed by atoms with Crippen LogP contribution in [0.15, 0.2) is 72.8 Å². The molecule has 2 rings (SSSR count). The number of allylic oxidation sites excluding steroid dienone is 2. The second-order valence-electron chi connectivity index (χ2n) is 12.2. The standard InChI is InChI=1S/C34H46N2O8/c1-33(2,3)43-31(39)35-27(29(37)41-23-25-17-11-9-12-18-25)21-15-7-8-16-22-28(36-32(40)44-34(4,5)6)30(38)42-24-26-19-13-10-14-20-26/h7-14,17-20,27-28H,15-16,21-24H2,1-6H3,(H,35,39)(H,36,40)/b8-7+. The first-order chi connectivity index (χ1) is 20.7. The molecule has 2 unspecified atom stereocenters. The molecule has 0 bridgehead atoms. The average Bonchev–Trinajstić information content (AvgIpc) is 2.94. The molecule has 0 fully saturated rings. The molecule has 0 spiro atoms.